The molecule has 1 aliphatic heterocycles. The number of piperidine rings is 1. The van der Waals surface area contributed by atoms with Gasteiger partial charge in [0.25, 0.3) is 0 Å². The van der Waals surface area contributed by atoms with E-state index in [1.807, 2.05) is 0 Å². The van der Waals surface area contributed by atoms with E-state index in [1.54, 1.807) is 16.8 Å². The smallest absolute Gasteiger partial charge is 0.224 e. The predicted molar refractivity (Wildman–Crippen MR) is 70.7 cm³/mol. The van der Waals surface area contributed by atoms with Gasteiger partial charge in [0.15, 0.2) is 5.82 Å². The van der Waals surface area contributed by atoms with E-state index in [1.165, 1.54) is 6.39 Å². The first kappa shape index (κ1) is 14.5. The summed E-state index contributed by atoms with van der Waals surface area (Å²) in [6.07, 6.45) is 4.83. The highest BCUT2D eigenvalue weighted by atomic mass is 16.5. The molecule has 2 amide bonds. The predicted octanol–water partition coefficient (Wildman–Crippen LogP) is 0.473. The zero-order valence-corrected chi connectivity index (χ0v) is 11.7. The number of rotatable bonds is 6. The molecule has 0 bridgehead atoms. The van der Waals surface area contributed by atoms with Crippen molar-refractivity contribution in [2.45, 2.75) is 32.1 Å². The molecule has 7 nitrogen and oxygen atoms in total. The van der Waals surface area contributed by atoms with Crippen LogP contribution < -0.4 is 0 Å². The largest absolute Gasteiger partial charge is 0.345 e. The number of carbonyl (C=O) groups is 2. The lowest BCUT2D eigenvalue weighted by Gasteiger charge is -2.27. The third-order valence-corrected chi connectivity index (χ3v) is 3.52. The maximum Gasteiger partial charge on any atom is 0.224 e. The maximum atomic E-state index is 12.0. The van der Waals surface area contributed by atoms with Crippen molar-refractivity contribution in [3.05, 3.63) is 12.2 Å². The summed E-state index contributed by atoms with van der Waals surface area (Å²) >= 11 is 0. The molecule has 1 aliphatic rings. The first-order valence-electron chi connectivity index (χ1n) is 6.94. The molecule has 0 aliphatic carbocycles. The molecular formula is C13H20N4O3. The Bertz CT molecular complexity index is 446. The van der Waals surface area contributed by atoms with E-state index in [4.69, 9.17) is 0 Å². The number of aromatic nitrogens is 2. The van der Waals surface area contributed by atoms with Crippen molar-refractivity contribution in [3.8, 4) is 0 Å². The van der Waals surface area contributed by atoms with E-state index < -0.39 is 0 Å². The van der Waals surface area contributed by atoms with Gasteiger partial charge < -0.3 is 14.3 Å². The summed E-state index contributed by atoms with van der Waals surface area (Å²) in [4.78, 5) is 30.9. The van der Waals surface area contributed by atoms with Gasteiger partial charge in [0.05, 0.1) is 0 Å². The second-order valence-electron chi connectivity index (χ2n) is 5.00. The quantitative estimate of drug-likeness (QED) is 0.757. The number of amides is 2. The summed E-state index contributed by atoms with van der Waals surface area (Å²) in [5.41, 5.74) is 0. The van der Waals surface area contributed by atoms with E-state index in [2.05, 4.69) is 14.7 Å². The van der Waals surface area contributed by atoms with Gasteiger partial charge in [0.2, 0.25) is 18.2 Å². The van der Waals surface area contributed by atoms with Crippen molar-refractivity contribution in [1.29, 1.82) is 0 Å². The van der Waals surface area contributed by atoms with Gasteiger partial charge in [-0.05, 0) is 12.8 Å². The number of carbonyl (C=O) groups excluding carboxylic acids is 2. The second-order valence-corrected chi connectivity index (χ2v) is 5.00. The zero-order valence-electron chi connectivity index (χ0n) is 11.7. The van der Waals surface area contributed by atoms with Crippen LogP contribution in [0, 0.1) is 0 Å². The molecule has 1 aromatic heterocycles. The summed E-state index contributed by atoms with van der Waals surface area (Å²) in [6.45, 7) is 1.84. The molecule has 0 N–H and O–H groups in total. The average Bonchev–Trinajstić information content (AvgIpc) is 2.97. The van der Waals surface area contributed by atoms with Crippen molar-refractivity contribution >= 4 is 11.8 Å². The molecule has 1 saturated heterocycles. The van der Waals surface area contributed by atoms with Crippen LogP contribution in [0.4, 0.5) is 0 Å². The second kappa shape index (κ2) is 7.02. The molecular weight excluding hydrogens is 260 g/mol. The molecule has 2 heterocycles. The lowest BCUT2D eigenvalue weighted by molar-refractivity contribution is -0.135. The van der Waals surface area contributed by atoms with Crippen LogP contribution in [-0.2, 0) is 16.0 Å². The SMILES string of the molecule is CN(CCc1ncon1)C(=O)CCN1CCCCC1=O. The van der Waals surface area contributed by atoms with Crippen LogP contribution in [0.15, 0.2) is 10.9 Å². The van der Waals surface area contributed by atoms with Gasteiger partial charge in [-0.1, -0.05) is 5.16 Å². The Kier molecular flexibility index (Phi) is 5.09. The molecule has 0 saturated carbocycles. The summed E-state index contributed by atoms with van der Waals surface area (Å²) < 4.78 is 4.64. The zero-order chi connectivity index (χ0) is 14.4. The van der Waals surface area contributed by atoms with Crippen LogP contribution in [0.3, 0.4) is 0 Å². The number of likely N-dealkylation sites (N-methyl/N-ethyl adjacent to an activating group) is 1. The average molecular weight is 280 g/mol. The van der Waals surface area contributed by atoms with Crippen molar-refractivity contribution in [1.82, 2.24) is 19.9 Å². The number of nitrogens with zero attached hydrogens (tertiary/aromatic N) is 4. The van der Waals surface area contributed by atoms with E-state index in [0.29, 0.717) is 38.2 Å². The Morgan fingerprint density at radius 2 is 2.35 bits per heavy atom. The van der Waals surface area contributed by atoms with Crippen molar-refractivity contribution < 1.29 is 14.1 Å². The van der Waals surface area contributed by atoms with Gasteiger partial charge in [-0.3, -0.25) is 9.59 Å². The van der Waals surface area contributed by atoms with E-state index in [-0.39, 0.29) is 11.8 Å². The fourth-order valence-electron chi connectivity index (χ4n) is 2.21. The first-order valence-corrected chi connectivity index (χ1v) is 6.94. The van der Waals surface area contributed by atoms with E-state index >= 15 is 0 Å². The normalized spacial score (nSPS) is 15.4. The summed E-state index contributed by atoms with van der Waals surface area (Å²) in [5.74, 6) is 0.793. The fraction of sp³-hybridized carbons (Fsp3) is 0.692. The molecule has 20 heavy (non-hydrogen) atoms. The maximum absolute atomic E-state index is 12.0. The van der Waals surface area contributed by atoms with Crippen LogP contribution in [0.2, 0.25) is 0 Å². The van der Waals surface area contributed by atoms with E-state index in [0.717, 1.165) is 19.4 Å². The van der Waals surface area contributed by atoms with Gasteiger partial charge in [0.1, 0.15) is 0 Å². The summed E-state index contributed by atoms with van der Waals surface area (Å²) in [5, 5.41) is 3.70. The Morgan fingerprint density at radius 1 is 1.50 bits per heavy atom. The molecule has 0 atom stereocenters. The van der Waals surface area contributed by atoms with Gasteiger partial charge in [-0.2, -0.15) is 4.98 Å². The molecule has 110 valence electrons. The summed E-state index contributed by atoms with van der Waals surface area (Å²) in [7, 11) is 1.75. The van der Waals surface area contributed by atoms with E-state index in [9.17, 15) is 9.59 Å². The molecule has 0 spiro atoms. The van der Waals surface area contributed by atoms with Crippen molar-refractivity contribution in [2.24, 2.45) is 0 Å². The molecule has 0 unspecified atom stereocenters. The molecule has 7 heteroatoms. The Hall–Kier alpha value is -1.92. The molecule has 2 rings (SSSR count). The molecule has 0 radical (unpaired) electrons. The van der Waals surface area contributed by atoms with Gasteiger partial charge in [-0.25, -0.2) is 0 Å². The topological polar surface area (TPSA) is 79.5 Å². The molecule has 0 aromatic carbocycles. The minimum atomic E-state index is 0.0341. The minimum Gasteiger partial charge on any atom is -0.345 e. The highest BCUT2D eigenvalue weighted by molar-refractivity contribution is 5.79. The van der Waals surface area contributed by atoms with Crippen LogP contribution in [-0.4, -0.2) is 58.4 Å². The Morgan fingerprint density at radius 3 is 3.05 bits per heavy atom. The van der Waals surface area contributed by atoms with Gasteiger partial charge in [-0.15, -0.1) is 0 Å². The van der Waals surface area contributed by atoms with Crippen LogP contribution >= 0.6 is 0 Å². The lowest BCUT2D eigenvalue weighted by atomic mass is 10.1. The Labute approximate surface area is 117 Å². The molecule has 1 aromatic rings. The highest BCUT2D eigenvalue weighted by Crippen LogP contribution is 2.11. The van der Waals surface area contributed by atoms with Gasteiger partial charge >= 0.3 is 0 Å². The lowest BCUT2D eigenvalue weighted by Crippen LogP contribution is -2.38. The van der Waals surface area contributed by atoms with Crippen LogP contribution in [0.1, 0.15) is 31.5 Å². The Balaban J connectivity index is 1.69. The number of hydrogen-bond acceptors (Lipinski definition) is 5. The standard InChI is InChI=1S/C13H20N4O3/c1-16(8-5-11-14-10-20-15-11)12(18)6-9-17-7-3-2-4-13(17)19/h10H,2-9H2,1H3. The third kappa shape index (κ3) is 4.04. The van der Waals surface area contributed by atoms with Crippen LogP contribution in [0.25, 0.3) is 0 Å². The summed E-state index contributed by atoms with van der Waals surface area (Å²) in [6, 6.07) is 0. The third-order valence-electron chi connectivity index (χ3n) is 3.52. The monoisotopic (exact) mass is 280 g/mol. The number of likely N-dealkylation sites (tertiary alicyclic amines) is 1. The van der Waals surface area contributed by atoms with Crippen molar-refractivity contribution in [3.63, 3.8) is 0 Å². The highest BCUT2D eigenvalue weighted by Gasteiger charge is 2.19. The number of hydrogen-bond donors (Lipinski definition) is 0. The van der Waals surface area contributed by atoms with Gasteiger partial charge in [0, 0.05) is 45.9 Å². The van der Waals surface area contributed by atoms with Crippen LogP contribution in [0.5, 0.6) is 0 Å². The van der Waals surface area contributed by atoms with Crippen molar-refractivity contribution in [2.75, 3.05) is 26.7 Å². The first-order chi connectivity index (χ1) is 9.66. The molecule has 1 fully saturated rings. The fourth-order valence-corrected chi connectivity index (χ4v) is 2.21. The minimum absolute atomic E-state index is 0.0341.